The van der Waals surface area contributed by atoms with Crippen molar-refractivity contribution in [2.24, 2.45) is 11.8 Å². The number of methoxy groups -OCH3 is 1. The van der Waals surface area contributed by atoms with Crippen molar-refractivity contribution in [1.82, 2.24) is 5.32 Å². The van der Waals surface area contributed by atoms with Crippen LogP contribution in [0.3, 0.4) is 0 Å². The Morgan fingerprint density at radius 2 is 2.30 bits per heavy atom. The molecule has 1 aliphatic carbocycles. The molecule has 1 rings (SSSR count). The van der Waals surface area contributed by atoms with Gasteiger partial charge in [-0.15, -0.1) is 0 Å². The second kappa shape index (κ2) is 3.94. The molecular weight excluding hydrogens is 126 g/mol. The molecular formula is C8H17NO. The smallest absolute Gasteiger partial charge is 0.0587 e. The Morgan fingerprint density at radius 1 is 1.60 bits per heavy atom. The van der Waals surface area contributed by atoms with Gasteiger partial charge in [-0.25, -0.2) is 0 Å². The molecule has 0 spiro atoms. The molecule has 0 amide bonds. The Hall–Kier alpha value is -0.0800. The SMILES string of the molecule is COCCNCC1CC1C. The van der Waals surface area contributed by atoms with Gasteiger partial charge in [0.1, 0.15) is 0 Å². The lowest BCUT2D eigenvalue weighted by molar-refractivity contribution is 0.199. The van der Waals surface area contributed by atoms with Crippen LogP contribution in [0.1, 0.15) is 13.3 Å². The van der Waals surface area contributed by atoms with Gasteiger partial charge in [0.25, 0.3) is 0 Å². The van der Waals surface area contributed by atoms with Crippen molar-refractivity contribution >= 4 is 0 Å². The van der Waals surface area contributed by atoms with Crippen LogP contribution in [-0.4, -0.2) is 26.8 Å². The molecule has 2 nitrogen and oxygen atoms in total. The molecule has 0 aromatic carbocycles. The normalized spacial score (nSPS) is 30.6. The zero-order valence-electron chi connectivity index (χ0n) is 6.89. The van der Waals surface area contributed by atoms with Gasteiger partial charge in [0, 0.05) is 13.7 Å². The van der Waals surface area contributed by atoms with Crippen molar-refractivity contribution < 1.29 is 4.74 Å². The molecule has 0 aromatic heterocycles. The zero-order chi connectivity index (χ0) is 7.40. The molecule has 60 valence electrons. The summed E-state index contributed by atoms with van der Waals surface area (Å²) in [6.45, 7) is 5.33. The molecule has 0 radical (unpaired) electrons. The first-order chi connectivity index (χ1) is 4.84. The van der Waals surface area contributed by atoms with Crippen LogP contribution in [0.2, 0.25) is 0 Å². The molecule has 0 aliphatic heterocycles. The third-order valence-electron chi connectivity index (χ3n) is 2.17. The van der Waals surface area contributed by atoms with Crippen LogP contribution in [0.4, 0.5) is 0 Å². The van der Waals surface area contributed by atoms with Gasteiger partial charge < -0.3 is 10.1 Å². The van der Waals surface area contributed by atoms with E-state index in [0.717, 1.165) is 25.0 Å². The Kier molecular flexibility index (Phi) is 3.16. The predicted octanol–water partition coefficient (Wildman–Crippen LogP) is 0.878. The number of hydrogen-bond acceptors (Lipinski definition) is 2. The number of hydrogen-bond donors (Lipinski definition) is 1. The van der Waals surface area contributed by atoms with E-state index in [9.17, 15) is 0 Å². The fourth-order valence-corrected chi connectivity index (χ4v) is 1.15. The van der Waals surface area contributed by atoms with E-state index in [4.69, 9.17) is 4.74 Å². The summed E-state index contributed by atoms with van der Waals surface area (Å²) in [6, 6.07) is 0. The van der Waals surface area contributed by atoms with E-state index >= 15 is 0 Å². The molecule has 0 bridgehead atoms. The Morgan fingerprint density at radius 3 is 2.80 bits per heavy atom. The molecule has 0 saturated heterocycles. The van der Waals surface area contributed by atoms with Crippen LogP contribution >= 0.6 is 0 Å². The quantitative estimate of drug-likeness (QED) is 0.577. The summed E-state index contributed by atoms with van der Waals surface area (Å²) >= 11 is 0. The first-order valence-electron chi connectivity index (χ1n) is 4.04. The maximum Gasteiger partial charge on any atom is 0.0587 e. The largest absolute Gasteiger partial charge is 0.383 e. The van der Waals surface area contributed by atoms with Crippen LogP contribution in [0.15, 0.2) is 0 Å². The van der Waals surface area contributed by atoms with Gasteiger partial charge in [0.15, 0.2) is 0 Å². The summed E-state index contributed by atoms with van der Waals surface area (Å²) < 4.78 is 4.91. The summed E-state index contributed by atoms with van der Waals surface area (Å²) in [4.78, 5) is 0. The van der Waals surface area contributed by atoms with Gasteiger partial charge in [-0.1, -0.05) is 6.92 Å². The van der Waals surface area contributed by atoms with Crippen molar-refractivity contribution in [3.8, 4) is 0 Å². The van der Waals surface area contributed by atoms with Crippen molar-refractivity contribution in [1.29, 1.82) is 0 Å². The lowest BCUT2D eigenvalue weighted by atomic mass is 10.3. The minimum atomic E-state index is 0.834. The first-order valence-corrected chi connectivity index (χ1v) is 4.04. The van der Waals surface area contributed by atoms with E-state index in [-0.39, 0.29) is 0 Å². The van der Waals surface area contributed by atoms with Crippen LogP contribution in [0.5, 0.6) is 0 Å². The van der Waals surface area contributed by atoms with E-state index < -0.39 is 0 Å². The lowest BCUT2D eigenvalue weighted by Gasteiger charge is -2.01. The van der Waals surface area contributed by atoms with Gasteiger partial charge in [-0.2, -0.15) is 0 Å². The van der Waals surface area contributed by atoms with Crippen LogP contribution in [0.25, 0.3) is 0 Å². The molecule has 0 heterocycles. The summed E-state index contributed by atoms with van der Waals surface area (Å²) in [6.07, 6.45) is 1.42. The Balaban J connectivity index is 1.78. The maximum absolute atomic E-state index is 4.91. The van der Waals surface area contributed by atoms with Gasteiger partial charge in [-0.3, -0.25) is 0 Å². The lowest BCUT2D eigenvalue weighted by Crippen LogP contribution is -2.21. The third-order valence-corrected chi connectivity index (χ3v) is 2.17. The van der Waals surface area contributed by atoms with Crippen LogP contribution in [0, 0.1) is 11.8 Å². The van der Waals surface area contributed by atoms with E-state index in [1.54, 1.807) is 7.11 Å². The number of ether oxygens (including phenoxy) is 1. The predicted molar refractivity (Wildman–Crippen MR) is 42.0 cm³/mol. The van der Waals surface area contributed by atoms with Gasteiger partial charge in [0.2, 0.25) is 0 Å². The number of rotatable bonds is 5. The standard InChI is InChI=1S/C8H17NO/c1-7-5-8(7)6-9-3-4-10-2/h7-9H,3-6H2,1-2H3. The highest BCUT2D eigenvalue weighted by molar-refractivity contribution is 4.83. The molecule has 10 heavy (non-hydrogen) atoms. The average molecular weight is 143 g/mol. The van der Waals surface area contributed by atoms with Crippen molar-refractivity contribution in [2.45, 2.75) is 13.3 Å². The van der Waals surface area contributed by atoms with Crippen LogP contribution in [-0.2, 0) is 4.74 Å². The zero-order valence-corrected chi connectivity index (χ0v) is 6.89. The van der Waals surface area contributed by atoms with Crippen molar-refractivity contribution in [2.75, 3.05) is 26.8 Å². The van der Waals surface area contributed by atoms with E-state index in [0.29, 0.717) is 0 Å². The van der Waals surface area contributed by atoms with E-state index in [1.165, 1.54) is 13.0 Å². The van der Waals surface area contributed by atoms with E-state index in [2.05, 4.69) is 12.2 Å². The summed E-state index contributed by atoms with van der Waals surface area (Å²) in [5.41, 5.74) is 0. The molecule has 2 heteroatoms. The van der Waals surface area contributed by atoms with Crippen LogP contribution < -0.4 is 5.32 Å². The average Bonchev–Trinajstić information content (AvgIpc) is 2.60. The third kappa shape index (κ3) is 2.67. The van der Waals surface area contributed by atoms with Gasteiger partial charge >= 0.3 is 0 Å². The van der Waals surface area contributed by atoms with E-state index in [1.807, 2.05) is 0 Å². The first kappa shape index (κ1) is 8.02. The fourth-order valence-electron chi connectivity index (χ4n) is 1.15. The molecule has 1 fully saturated rings. The second-order valence-corrected chi connectivity index (χ2v) is 3.17. The summed E-state index contributed by atoms with van der Waals surface area (Å²) in [5, 5.41) is 3.35. The molecule has 2 atom stereocenters. The Labute approximate surface area is 63.0 Å². The summed E-state index contributed by atoms with van der Waals surface area (Å²) in [7, 11) is 1.74. The molecule has 2 unspecified atom stereocenters. The van der Waals surface area contributed by atoms with Crippen molar-refractivity contribution in [3.63, 3.8) is 0 Å². The minimum absolute atomic E-state index is 0.834. The van der Waals surface area contributed by atoms with Gasteiger partial charge in [0.05, 0.1) is 6.61 Å². The monoisotopic (exact) mass is 143 g/mol. The molecule has 1 saturated carbocycles. The Bertz CT molecular complexity index is 95.3. The highest BCUT2D eigenvalue weighted by Gasteiger charge is 2.31. The minimum Gasteiger partial charge on any atom is -0.383 e. The van der Waals surface area contributed by atoms with Crippen molar-refractivity contribution in [3.05, 3.63) is 0 Å². The fraction of sp³-hybridized carbons (Fsp3) is 1.00. The number of nitrogens with one attached hydrogen (secondary N) is 1. The highest BCUT2D eigenvalue weighted by Crippen LogP contribution is 2.36. The molecule has 1 aliphatic rings. The van der Waals surface area contributed by atoms with Gasteiger partial charge in [-0.05, 0) is 24.8 Å². The highest BCUT2D eigenvalue weighted by atomic mass is 16.5. The molecule has 1 N–H and O–H groups in total. The summed E-state index contributed by atoms with van der Waals surface area (Å²) in [5.74, 6) is 1.92. The second-order valence-electron chi connectivity index (χ2n) is 3.17. The topological polar surface area (TPSA) is 21.3 Å². The molecule has 0 aromatic rings. The maximum atomic E-state index is 4.91.